The lowest BCUT2D eigenvalue weighted by Crippen LogP contribution is -2.28. The third-order valence-corrected chi connectivity index (χ3v) is 4.05. The van der Waals surface area contributed by atoms with E-state index in [1.807, 2.05) is 60.7 Å². The summed E-state index contributed by atoms with van der Waals surface area (Å²) in [6.45, 7) is 3.81. The lowest BCUT2D eigenvalue weighted by Gasteiger charge is -2.17. The van der Waals surface area contributed by atoms with Crippen LogP contribution in [0.25, 0.3) is 11.3 Å². The summed E-state index contributed by atoms with van der Waals surface area (Å²) >= 11 is 0. The summed E-state index contributed by atoms with van der Waals surface area (Å²) in [4.78, 5) is 12.9. The van der Waals surface area contributed by atoms with Crippen LogP contribution in [0, 0.1) is 6.92 Å². The van der Waals surface area contributed by atoms with Crippen molar-refractivity contribution < 1.29 is 9.32 Å². The third kappa shape index (κ3) is 3.23. The Morgan fingerprint density at radius 1 is 1.08 bits per heavy atom. The molecule has 4 nitrogen and oxygen atoms in total. The molecule has 1 amide bonds. The number of benzene rings is 2. The Hall–Kier alpha value is -2.88. The zero-order valence-electron chi connectivity index (χ0n) is 13.8. The largest absolute Gasteiger partial charge is 0.360 e. The minimum Gasteiger partial charge on any atom is -0.360 e. The molecule has 0 saturated carbocycles. The van der Waals surface area contributed by atoms with E-state index in [1.165, 1.54) is 0 Å². The van der Waals surface area contributed by atoms with Gasteiger partial charge in [-0.3, -0.25) is 4.79 Å². The first-order valence-electron chi connectivity index (χ1n) is 8.08. The fraction of sp³-hybridized carbons (Fsp3) is 0.200. The number of carbonyl (C=O) groups is 1. The molecule has 1 aromatic heterocycles. The first kappa shape index (κ1) is 16.0. The van der Waals surface area contributed by atoms with E-state index >= 15 is 0 Å². The maximum atomic E-state index is 12.9. The Bertz CT molecular complexity index is 810. The highest BCUT2D eigenvalue weighted by molar-refractivity contribution is 6.00. The van der Waals surface area contributed by atoms with Gasteiger partial charge < -0.3 is 9.84 Å². The van der Waals surface area contributed by atoms with Gasteiger partial charge in [0.25, 0.3) is 5.91 Å². The van der Waals surface area contributed by atoms with Gasteiger partial charge in [0.05, 0.1) is 6.04 Å². The molecule has 3 rings (SSSR count). The number of nitrogens with one attached hydrogen (secondary N) is 1. The van der Waals surface area contributed by atoms with Crippen molar-refractivity contribution in [2.75, 3.05) is 0 Å². The maximum absolute atomic E-state index is 12.9. The summed E-state index contributed by atoms with van der Waals surface area (Å²) in [5.41, 5.74) is 3.03. The van der Waals surface area contributed by atoms with Crippen molar-refractivity contribution in [1.82, 2.24) is 10.5 Å². The van der Waals surface area contributed by atoms with E-state index < -0.39 is 0 Å². The van der Waals surface area contributed by atoms with Crippen LogP contribution in [0.15, 0.2) is 65.2 Å². The van der Waals surface area contributed by atoms with Crippen LogP contribution in [0.5, 0.6) is 0 Å². The Labute approximate surface area is 141 Å². The van der Waals surface area contributed by atoms with E-state index in [1.54, 1.807) is 6.92 Å². The summed E-state index contributed by atoms with van der Waals surface area (Å²) < 4.78 is 5.28. The van der Waals surface area contributed by atoms with Crippen molar-refractivity contribution in [2.24, 2.45) is 0 Å². The van der Waals surface area contributed by atoms with E-state index in [2.05, 4.69) is 17.4 Å². The SMILES string of the molecule is CC[C@@H](NC(=O)c1c(-c2ccccc2)noc1C)c1ccccc1. The summed E-state index contributed by atoms with van der Waals surface area (Å²) in [5.74, 6) is 0.359. The number of aromatic nitrogens is 1. The second-order valence-electron chi connectivity index (χ2n) is 5.67. The number of aryl methyl sites for hydroxylation is 1. The second-order valence-corrected chi connectivity index (χ2v) is 5.67. The molecular weight excluding hydrogens is 300 g/mol. The van der Waals surface area contributed by atoms with Gasteiger partial charge in [0, 0.05) is 5.56 Å². The van der Waals surface area contributed by atoms with Gasteiger partial charge in [-0.1, -0.05) is 72.7 Å². The van der Waals surface area contributed by atoms with Gasteiger partial charge in [0.15, 0.2) is 0 Å². The van der Waals surface area contributed by atoms with E-state index in [-0.39, 0.29) is 11.9 Å². The van der Waals surface area contributed by atoms with Gasteiger partial charge in [-0.25, -0.2) is 0 Å². The smallest absolute Gasteiger partial charge is 0.257 e. The zero-order chi connectivity index (χ0) is 16.9. The summed E-state index contributed by atoms with van der Waals surface area (Å²) in [6.07, 6.45) is 0.806. The highest BCUT2D eigenvalue weighted by Gasteiger charge is 2.23. The van der Waals surface area contributed by atoms with Gasteiger partial charge in [-0.2, -0.15) is 0 Å². The molecule has 0 aliphatic carbocycles. The van der Waals surface area contributed by atoms with Crippen molar-refractivity contribution in [3.8, 4) is 11.3 Å². The lowest BCUT2D eigenvalue weighted by atomic mass is 10.0. The Kier molecular flexibility index (Phi) is 4.75. The molecule has 24 heavy (non-hydrogen) atoms. The number of nitrogens with zero attached hydrogens (tertiary/aromatic N) is 1. The molecule has 0 unspecified atom stereocenters. The monoisotopic (exact) mass is 320 g/mol. The van der Waals surface area contributed by atoms with Crippen LogP contribution in [0.3, 0.4) is 0 Å². The van der Waals surface area contributed by atoms with Gasteiger partial charge in [-0.15, -0.1) is 0 Å². The van der Waals surface area contributed by atoms with Gasteiger partial charge in [0.2, 0.25) is 0 Å². The molecule has 1 atom stereocenters. The van der Waals surface area contributed by atoms with Crippen LogP contribution >= 0.6 is 0 Å². The minimum absolute atomic E-state index is 0.0448. The van der Waals surface area contributed by atoms with Crippen molar-refractivity contribution in [2.45, 2.75) is 26.3 Å². The highest BCUT2D eigenvalue weighted by atomic mass is 16.5. The molecule has 0 aliphatic rings. The average molecular weight is 320 g/mol. The van der Waals surface area contributed by atoms with Gasteiger partial charge in [0.1, 0.15) is 17.0 Å². The standard InChI is InChI=1S/C20H20N2O2/c1-3-17(15-10-6-4-7-11-15)21-20(23)18-14(2)24-22-19(18)16-12-8-5-9-13-16/h4-13,17H,3H2,1-2H3,(H,21,23)/t17-/m1/s1. The first-order chi connectivity index (χ1) is 11.7. The Balaban J connectivity index is 1.89. The second kappa shape index (κ2) is 7.13. The number of carbonyl (C=O) groups excluding carboxylic acids is 1. The van der Waals surface area contributed by atoms with Gasteiger partial charge >= 0.3 is 0 Å². The molecule has 2 aromatic carbocycles. The van der Waals surface area contributed by atoms with Crippen LogP contribution in [0.1, 0.15) is 41.1 Å². The normalized spacial score (nSPS) is 11.9. The van der Waals surface area contributed by atoms with Crippen molar-refractivity contribution in [3.63, 3.8) is 0 Å². The third-order valence-electron chi connectivity index (χ3n) is 4.05. The molecule has 0 spiro atoms. The Morgan fingerprint density at radius 3 is 2.33 bits per heavy atom. The van der Waals surface area contributed by atoms with E-state index in [9.17, 15) is 4.79 Å². The van der Waals surface area contributed by atoms with E-state index in [0.717, 1.165) is 17.5 Å². The molecule has 0 aliphatic heterocycles. The summed E-state index contributed by atoms with van der Waals surface area (Å²) in [7, 11) is 0. The summed E-state index contributed by atoms with van der Waals surface area (Å²) in [6, 6.07) is 19.5. The first-order valence-corrected chi connectivity index (χ1v) is 8.08. The number of hydrogen-bond acceptors (Lipinski definition) is 3. The molecule has 4 heteroatoms. The predicted octanol–water partition coefficient (Wildman–Crippen LogP) is 4.53. The molecule has 0 fully saturated rings. The van der Waals surface area contributed by atoms with Crippen LogP contribution in [0.2, 0.25) is 0 Å². The number of hydrogen-bond donors (Lipinski definition) is 1. The maximum Gasteiger partial charge on any atom is 0.257 e. The van der Waals surface area contributed by atoms with Crippen LogP contribution in [0.4, 0.5) is 0 Å². The molecule has 1 N–H and O–H groups in total. The Morgan fingerprint density at radius 2 is 1.71 bits per heavy atom. The van der Waals surface area contributed by atoms with Crippen LogP contribution in [-0.2, 0) is 0 Å². The minimum atomic E-state index is -0.164. The van der Waals surface area contributed by atoms with Crippen molar-refractivity contribution in [3.05, 3.63) is 77.6 Å². The molecule has 0 bridgehead atoms. The van der Waals surface area contributed by atoms with Crippen LogP contribution < -0.4 is 5.32 Å². The molecule has 122 valence electrons. The number of amides is 1. The lowest BCUT2D eigenvalue weighted by molar-refractivity contribution is 0.0934. The highest BCUT2D eigenvalue weighted by Crippen LogP contribution is 2.26. The van der Waals surface area contributed by atoms with Crippen molar-refractivity contribution in [1.29, 1.82) is 0 Å². The fourth-order valence-corrected chi connectivity index (χ4v) is 2.77. The zero-order valence-corrected chi connectivity index (χ0v) is 13.8. The number of rotatable bonds is 5. The fourth-order valence-electron chi connectivity index (χ4n) is 2.77. The van der Waals surface area contributed by atoms with Gasteiger partial charge in [-0.05, 0) is 18.9 Å². The van der Waals surface area contributed by atoms with Crippen LogP contribution in [-0.4, -0.2) is 11.1 Å². The predicted molar refractivity (Wildman–Crippen MR) is 93.6 cm³/mol. The quantitative estimate of drug-likeness (QED) is 0.751. The molecule has 3 aromatic rings. The van der Waals surface area contributed by atoms with Crippen molar-refractivity contribution >= 4 is 5.91 Å². The molecule has 1 heterocycles. The topological polar surface area (TPSA) is 55.1 Å². The molecule has 0 saturated heterocycles. The molecular formula is C20H20N2O2. The molecule has 0 radical (unpaired) electrons. The summed E-state index contributed by atoms with van der Waals surface area (Å²) in [5, 5.41) is 7.17. The van der Waals surface area contributed by atoms with E-state index in [0.29, 0.717) is 17.0 Å². The average Bonchev–Trinajstić information content (AvgIpc) is 3.02. The van der Waals surface area contributed by atoms with E-state index in [4.69, 9.17) is 4.52 Å².